The molecule has 1 saturated carbocycles. The highest BCUT2D eigenvalue weighted by Crippen LogP contribution is 2.32. The fraction of sp³-hybridized carbons (Fsp3) is 0.625. The number of rotatable bonds is 5. The molecule has 1 N–H and O–H groups in total. The second kappa shape index (κ2) is 7.16. The maximum absolute atomic E-state index is 10.2. The fourth-order valence-electron chi connectivity index (χ4n) is 2.93. The molecule has 0 heterocycles. The first-order valence-electron chi connectivity index (χ1n) is 7.22. The third-order valence-electron chi connectivity index (χ3n) is 4.13. The summed E-state index contributed by atoms with van der Waals surface area (Å²) in [5.74, 6) is 1.46. The maximum atomic E-state index is 10.2. The van der Waals surface area contributed by atoms with E-state index in [9.17, 15) is 5.11 Å². The van der Waals surface area contributed by atoms with Crippen LogP contribution in [0.5, 0.6) is 5.75 Å². The molecular formula is C16H23ClO2. The van der Waals surface area contributed by atoms with Crippen molar-refractivity contribution < 1.29 is 9.84 Å². The monoisotopic (exact) mass is 282 g/mol. The van der Waals surface area contributed by atoms with Crippen LogP contribution in [0.25, 0.3) is 0 Å². The summed E-state index contributed by atoms with van der Waals surface area (Å²) in [5.41, 5.74) is 0.890. The fourth-order valence-corrected chi connectivity index (χ4v) is 3.19. The van der Waals surface area contributed by atoms with Crippen LogP contribution in [0.3, 0.4) is 0 Å². The van der Waals surface area contributed by atoms with Gasteiger partial charge in [-0.2, -0.15) is 0 Å². The van der Waals surface area contributed by atoms with Crippen LogP contribution in [0.2, 0.25) is 5.02 Å². The Morgan fingerprint density at radius 1 is 1.32 bits per heavy atom. The Morgan fingerprint density at radius 2 is 2.05 bits per heavy atom. The van der Waals surface area contributed by atoms with Crippen LogP contribution in [0.4, 0.5) is 0 Å². The van der Waals surface area contributed by atoms with E-state index in [1.807, 2.05) is 18.2 Å². The van der Waals surface area contributed by atoms with E-state index < -0.39 is 6.10 Å². The van der Waals surface area contributed by atoms with E-state index >= 15 is 0 Å². The van der Waals surface area contributed by atoms with Crippen molar-refractivity contribution in [2.24, 2.45) is 5.92 Å². The van der Waals surface area contributed by atoms with E-state index in [1.54, 1.807) is 7.11 Å². The molecule has 0 saturated heterocycles. The highest BCUT2D eigenvalue weighted by Gasteiger charge is 2.16. The molecule has 0 radical (unpaired) electrons. The standard InChI is InChI=1S/C16H23ClO2/c1-19-16-10-8-13(11-14(16)17)15(18)9-7-12-5-3-2-4-6-12/h8,10-12,15,18H,2-7,9H2,1H3. The molecule has 3 heteroatoms. The van der Waals surface area contributed by atoms with Crippen molar-refractivity contribution in [1.29, 1.82) is 0 Å². The molecule has 2 rings (SSSR count). The van der Waals surface area contributed by atoms with Gasteiger partial charge in [0.05, 0.1) is 18.2 Å². The Bertz CT molecular complexity index is 400. The van der Waals surface area contributed by atoms with Crippen LogP contribution in [0.15, 0.2) is 18.2 Å². The first-order chi connectivity index (χ1) is 9.20. The number of aliphatic hydroxyl groups is 1. The smallest absolute Gasteiger partial charge is 0.137 e. The molecule has 1 aromatic carbocycles. The molecule has 0 spiro atoms. The molecule has 0 amide bonds. The molecule has 106 valence electrons. The van der Waals surface area contributed by atoms with E-state index in [2.05, 4.69) is 0 Å². The summed E-state index contributed by atoms with van der Waals surface area (Å²) >= 11 is 6.09. The van der Waals surface area contributed by atoms with E-state index in [0.717, 1.165) is 24.3 Å². The van der Waals surface area contributed by atoms with Crippen LogP contribution in [0, 0.1) is 5.92 Å². The molecule has 2 nitrogen and oxygen atoms in total. The van der Waals surface area contributed by atoms with Crippen molar-refractivity contribution in [2.75, 3.05) is 7.11 Å². The van der Waals surface area contributed by atoms with Crippen molar-refractivity contribution in [2.45, 2.75) is 51.0 Å². The van der Waals surface area contributed by atoms with Gasteiger partial charge in [0.25, 0.3) is 0 Å². The lowest BCUT2D eigenvalue weighted by atomic mass is 9.85. The predicted octanol–water partition coefficient (Wildman–Crippen LogP) is 4.74. The number of methoxy groups -OCH3 is 1. The maximum Gasteiger partial charge on any atom is 0.137 e. The van der Waals surface area contributed by atoms with E-state index in [0.29, 0.717) is 10.8 Å². The molecule has 1 fully saturated rings. The van der Waals surface area contributed by atoms with Crippen molar-refractivity contribution in [3.05, 3.63) is 28.8 Å². The van der Waals surface area contributed by atoms with Crippen LogP contribution < -0.4 is 4.74 Å². The van der Waals surface area contributed by atoms with Crippen molar-refractivity contribution in [1.82, 2.24) is 0 Å². The van der Waals surface area contributed by atoms with Crippen LogP contribution in [-0.4, -0.2) is 12.2 Å². The Morgan fingerprint density at radius 3 is 2.68 bits per heavy atom. The SMILES string of the molecule is COc1ccc(C(O)CCC2CCCCC2)cc1Cl. The highest BCUT2D eigenvalue weighted by molar-refractivity contribution is 6.32. The van der Waals surface area contributed by atoms with Crippen molar-refractivity contribution in [3.8, 4) is 5.75 Å². The second-order valence-corrected chi connectivity index (χ2v) is 5.90. The second-order valence-electron chi connectivity index (χ2n) is 5.49. The third-order valence-corrected chi connectivity index (χ3v) is 4.43. The number of ether oxygens (including phenoxy) is 1. The van der Waals surface area contributed by atoms with Gasteiger partial charge in [-0.1, -0.05) is 49.8 Å². The average Bonchev–Trinajstić information content (AvgIpc) is 2.45. The first-order valence-corrected chi connectivity index (χ1v) is 7.60. The van der Waals surface area contributed by atoms with Crippen LogP contribution >= 0.6 is 11.6 Å². The van der Waals surface area contributed by atoms with Gasteiger partial charge < -0.3 is 9.84 Å². The molecule has 19 heavy (non-hydrogen) atoms. The lowest BCUT2D eigenvalue weighted by Gasteiger charge is -2.22. The van der Waals surface area contributed by atoms with Gasteiger partial charge in [-0.25, -0.2) is 0 Å². The topological polar surface area (TPSA) is 29.5 Å². The minimum atomic E-state index is -0.412. The summed E-state index contributed by atoms with van der Waals surface area (Å²) in [6.45, 7) is 0. The lowest BCUT2D eigenvalue weighted by Crippen LogP contribution is -2.08. The van der Waals surface area contributed by atoms with Gasteiger partial charge in [0, 0.05) is 0 Å². The van der Waals surface area contributed by atoms with Crippen LogP contribution in [0.1, 0.15) is 56.6 Å². The quantitative estimate of drug-likeness (QED) is 0.845. The number of hydrogen-bond acceptors (Lipinski definition) is 2. The first kappa shape index (κ1) is 14.7. The van der Waals surface area contributed by atoms with Gasteiger partial charge in [-0.05, 0) is 36.5 Å². The van der Waals surface area contributed by atoms with Gasteiger partial charge in [0.2, 0.25) is 0 Å². The minimum absolute atomic E-state index is 0.412. The average molecular weight is 283 g/mol. The molecule has 1 aromatic rings. The zero-order chi connectivity index (χ0) is 13.7. The number of hydrogen-bond donors (Lipinski definition) is 1. The zero-order valence-electron chi connectivity index (χ0n) is 11.6. The van der Waals surface area contributed by atoms with Gasteiger partial charge in [-0.3, -0.25) is 0 Å². The minimum Gasteiger partial charge on any atom is -0.495 e. The number of benzene rings is 1. The number of halogens is 1. The zero-order valence-corrected chi connectivity index (χ0v) is 12.3. The molecular weight excluding hydrogens is 260 g/mol. The highest BCUT2D eigenvalue weighted by atomic mass is 35.5. The van der Waals surface area contributed by atoms with Crippen molar-refractivity contribution >= 4 is 11.6 Å². The predicted molar refractivity (Wildman–Crippen MR) is 78.8 cm³/mol. The molecule has 1 aliphatic rings. The van der Waals surface area contributed by atoms with Gasteiger partial charge >= 0.3 is 0 Å². The van der Waals surface area contributed by atoms with E-state index in [-0.39, 0.29) is 0 Å². The molecule has 0 bridgehead atoms. The van der Waals surface area contributed by atoms with E-state index in [1.165, 1.54) is 32.1 Å². The molecule has 1 unspecified atom stereocenters. The summed E-state index contributed by atoms with van der Waals surface area (Å²) in [4.78, 5) is 0. The van der Waals surface area contributed by atoms with E-state index in [4.69, 9.17) is 16.3 Å². The van der Waals surface area contributed by atoms with Crippen molar-refractivity contribution in [3.63, 3.8) is 0 Å². The largest absolute Gasteiger partial charge is 0.495 e. The summed E-state index contributed by atoms with van der Waals surface area (Å²) in [6.07, 6.45) is 8.28. The summed E-state index contributed by atoms with van der Waals surface area (Å²) < 4.78 is 5.12. The Hall–Kier alpha value is -0.730. The number of aliphatic hydroxyl groups excluding tert-OH is 1. The normalized spacial score (nSPS) is 18.3. The van der Waals surface area contributed by atoms with Gasteiger partial charge in [-0.15, -0.1) is 0 Å². The summed E-state index contributed by atoms with van der Waals surface area (Å²) in [5, 5.41) is 10.8. The molecule has 0 aromatic heterocycles. The third kappa shape index (κ3) is 4.12. The molecule has 0 aliphatic heterocycles. The van der Waals surface area contributed by atoms with Crippen LogP contribution in [-0.2, 0) is 0 Å². The Kier molecular flexibility index (Phi) is 5.53. The molecule has 1 aliphatic carbocycles. The molecule has 1 atom stereocenters. The lowest BCUT2D eigenvalue weighted by molar-refractivity contribution is 0.151. The Balaban J connectivity index is 1.88. The summed E-state index contributed by atoms with van der Waals surface area (Å²) in [7, 11) is 1.60. The Labute approximate surface area is 120 Å². The summed E-state index contributed by atoms with van der Waals surface area (Å²) in [6, 6.07) is 5.53. The van der Waals surface area contributed by atoms with Gasteiger partial charge in [0.15, 0.2) is 0 Å². The van der Waals surface area contributed by atoms with Gasteiger partial charge in [0.1, 0.15) is 5.75 Å².